The average molecular weight is 230 g/mol. The molecule has 0 radical (unpaired) electrons. The number of nitriles is 1. The van der Waals surface area contributed by atoms with Crippen LogP contribution in [-0.4, -0.2) is 35.0 Å². The lowest BCUT2D eigenvalue weighted by Gasteiger charge is -2.09. The van der Waals surface area contributed by atoms with Crippen molar-refractivity contribution in [3.63, 3.8) is 0 Å². The molecule has 0 aliphatic heterocycles. The van der Waals surface area contributed by atoms with Gasteiger partial charge in [-0.15, -0.1) is 0 Å². The predicted octanol–water partition coefficient (Wildman–Crippen LogP) is 0.613. The Morgan fingerprint density at radius 2 is 2.33 bits per heavy atom. The Morgan fingerprint density at radius 3 is 2.87 bits per heavy atom. The lowest BCUT2D eigenvalue weighted by Crippen LogP contribution is -2.36. The second kappa shape index (κ2) is 9.34. The van der Waals surface area contributed by atoms with E-state index in [9.17, 15) is 9.59 Å². The summed E-state index contributed by atoms with van der Waals surface area (Å²) in [4.78, 5) is 20.7. The molecule has 0 aromatic heterocycles. The number of rotatable bonds is 9. The maximum Gasteiger partial charge on any atom is 0.326 e. The first-order chi connectivity index (χ1) is 7.22. The first-order valence-electron chi connectivity index (χ1n) is 4.59. The summed E-state index contributed by atoms with van der Waals surface area (Å²) in [6.45, 7) is 0. The maximum absolute atomic E-state index is 10.6. The van der Waals surface area contributed by atoms with Crippen LogP contribution in [-0.2, 0) is 9.59 Å². The van der Waals surface area contributed by atoms with Gasteiger partial charge in [0.1, 0.15) is 6.04 Å². The molecule has 0 aromatic rings. The van der Waals surface area contributed by atoms with Crippen LogP contribution in [0.4, 0.5) is 0 Å². The van der Waals surface area contributed by atoms with E-state index >= 15 is 0 Å². The molecule has 0 spiro atoms. The number of carboxylic acids is 1. The molecule has 0 aliphatic rings. The number of aliphatic carboxylic acids is 1. The van der Waals surface area contributed by atoms with Crippen LogP contribution in [0.3, 0.4) is 0 Å². The third kappa shape index (κ3) is 7.82. The Kier molecular flexibility index (Phi) is 8.58. The average Bonchev–Trinajstić information content (AvgIpc) is 2.21. The van der Waals surface area contributed by atoms with Gasteiger partial charge in [-0.1, -0.05) is 0 Å². The summed E-state index contributed by atoms with van der Waals surface area (Å²) in [5.41, 5.74) is 0. The van der Waals surface area contributed by atoms with Gasteiger partial charge < -0.3 is 10.4 Å². The number of carbonyl (C=O) groups is 2. The summed E-state index contributed by atoms with van der Waals surface area (Å²) in [5.74, 6) is 0.504. The first kappa shape index (κ1) is 13.8. The van der Waals surface area contributed by atoms with Gasteiger partial charge in [0.25, 0.3) is 0 Å². The van der Waals surface area contributed by atoms with Crippen LogP contribution in [0.2, 0.25) is 0 Å². The molecule has 0 saturated carbocycles. The lowest BCUT2D eigenvalue weighted by atomic mass is 10.2. The molecule has 0 aliphatic carbocycles. The zero-order valence-electron chi connectivity index (χ0n) is 8.31. The number of nitrogens with zero attached hydrogens (tertiary/aromatic N) is 1. The van der Waals surface area contributed by atoms with Crippen molar-refractivity contribution in [3.05, 3.63) is 0 Å². The van der Waals surface area contributed by atoms with Crippen molar-refractivity contribution in [3.8, 4) is 6.07 Å². The van der Waals surface area contributed by atoms with E-state index in [-0.39, 0.29) is 0 Å². The zero-order valence-corrected chi connectivity index (χ0v) is 9.13. The number of thioether (sulfide) groups is 1. The third-order valence-corrected chi connectivity index (χ3v) is 2.80. The smallest absolute Gasteiger partial charge is 0.326 e. The molecule has 1 atom stereocenters. The van der Waals surface area contributed by atoms with E-state index in [1.807, 2.05) is 6.07 Å². The SMILES string of the molecule is N#CCCCSCCC(NC=O)C(=O)O. The topological polar surface area (TPSA) is 90.2 Å². The van der Waals surface area contributed by atoms with Crippen molar-refractivity contribution in [1.29, 1.82) is 5.26 Å². The van der Waals surface area contributed by atoms with Crippen LogP contribution in [0.5, 0.6) is 0 Å². The summed E-state index contributed by atoms with van der Waals surface area (Å²) in [6.07, 6.45) is 2.16. The largest absolute Gasteiger partial charge is 0.480 e. The number of nitrogens with one attached hydrogen (secondary N) is 1. The number of carboxylic acid groups (broad SMARTS) is 1. The Morgan fingerprint density at radius 1 is 1.60 bits per heavy atom. The molecule has 0 fully saturated rings. The van der Waals surface area contributed by atoms with Crippen LogP contribution in [0, 0.1) is 11.3 Å². The molecular formula is C9H14N2O3S. The third-order valence-electron chi connectivity index (χ3n) is 1.70. The van der Waals surface area contributed by atoms with Crippen molar-refractivity contribution in [2.75, 3.05) is 11.5 Å². The van der Waals surface area contributed by atoms with Crippen molar-refractivity contribution in [1.82, 2.24) is 5.32 Å². The minimum absolute atomic E-state index is 0.402. The van der Waals surface area contributed by atoms with Crippen molar-refractivity contribution in [2.24, 2.45) is 0 Å². The van der Waals surface area contributed by atoms with Crippen LogP contribution in [0.25, 0.3) is 0 Å². The summed E-state index contributed by atoms with van der Waals surface area (Å²) in [7, 11) is 0. The van der Waals surface area contributed by atoms with Gasteiger partial charge in [0.05, 0.1) is 6.07 Å². The van der Waals surface area contributed by atoms with Crippen LogP contribution in [0.1, 0.15) is 19.3 Å². The summed E-state index contributed by atoms with van der Waals surface area (Å²) >= 11 is 1.59. The Labute approximate surface area is 92.8 Å². The summed E-state index contributed by atoms with van der Waals surface area (Å²) in [5, 5.41) is 19.2. The molecule has 1 unspecified atom stereocenters. The van der Waals surface area contributed by atoms with Crippen LogP contribution < -0.4 is 5.32 Å². The van der Waals surface area contributed by atoms with Crippen LogP contribution in [0.15, 0.2) is 0 Å². The van der Waals surface area contributed by atoms with Gasteiger partial charge in [0, 0.05) is 6.42 Å². The van der Waals surface area contributed by atoms with E-state index in [0.29, 0.717) is 25.0 Å². The number of hydrogen-bond donors (Lipinski definition) is 2. The fourth-order valence-corrected chi connectivity index (χ4v) is 1.87. The number of unbranched alkanes of at least 4 members (excludes halogenated alkanes) is 1. The molecule has 6 heteroatoms. The van der Waals surface area contributed by atoms with E-state index in [4.69, 9.17) is 10.4 Å². The molecule has 84 valence electrons. The van der Waals surface area contributed by atoms with Gasteiger partial charge in [0.2, 0.25) is 6.41 Å². The predicted molar refractivity (Wildman–Crippen MR) is 57.4 cm³/mol. The minimum Gasteiger partial charge on any atom is -0.480 e. The monoisotopic (exact) mass is 230 g/mol. The van der Waals surface area contributed by atoms with Gasteiger partial charge in [-0.05, 0) is 24.3 Å². The molecule has 5 nitrogen and oxygen atoms in total. The van der Waals surface area contributed by atoms with E-state index < -0.39 is 12.0 Å². The second-order valence-electron chi connectivity index (χ2n) is 2.84. The quantitative estimate of drug-likeness (QED) is 0.447. The van der Waals surface area contributed by atoms with Crippen molar-refractivity contribution >= 4 is 24.1 Å². The number of hydrogen-bond acceptors (Lipinski definition) is 4. The van der Waals surface area contributed by atoms with Crippen molar-refractivity contribution < 1.29 is 14.7 Å². The second-order valence-corrected chi connectivity index (χ2v) is 4.06. The molecule has 0 saturated heterocycles. The molecular weight excluding hydrogens is 216 g/mol. The van der Waals surface area contributed by atoms with Gasteiger partial charge >= 0.3 is 5.97 Å². The number of amides is 1. The van der Waals surface area contributed by atoms with Gasteiger partial charge in [-0.3, -0.25) is 4.79 Å². The lowest BCUT2D eigenvalue weighted by molar-refractivity contribution is -0.140. The molecule has 15 heavy (non-hydrogen) atoms. The zero-order chi connectivity index (χ0) is 11.5. The standard InChI is InChI=1S/C9H14N2O3S/c10-4-1-2-5-15-6-3-8(9(13)14)11-7-12/h7-8H,1-3,5-6H2,(H,11,12)(H,13,14). The fourth-order valence-electron chi connectivity index (χ4n) is 0.917. The molecule has 1 amide bonds. The molecule has 0 heterocycles. The minimum atomic E-state index is -1.01. The Bertz CT molecular complexity index is 240. The van der Waals surface area contributed by atoms with E-state index in [1.54, 1.807) is 11.8 Å². The summed E-state index contributed by atoms with van der Waals surface area (Å²) in [6, 6.07) is 1.24. The van der Waals surface area contributed by atoms with Crippen LogP contribution >= 0.6 is 11.8 Å². The Hall–Kier alpha value is -1.22. The maximum atomic E-state index is 10.6. The Balaban J connectivity index is 3.50. The summed E-state index contributed by atoms with van der Waals surface area (Å²) < 4.78 is 0. The van der Waals surface area contributed by atoms with Gasteiger partial charge in [-0.2, -0.15) is 17.0 Å². The van der Waals surface area contributed by atoms with E-state index in [0.717, 1.165) is 12.2 Å². The highest BCUT2D eigenvalue weighted by atomic mass is 32.2. The highest BCUT2D eigenvalue weighted by Gasteiger charge is 2.14. The van der Waals surface area contributed by atoms with Gasteiger partial charge in [-0.25, -0.2) is 4.79 Å². The molecule has 0 aromatic carbocycles. The highest BCUT2D eigenvalue weighted by molar-refractivity contribution is 7.99. The number of carbonyl (C=O) groups excluding carboxylic acids is 1. The molecule has 0 rings (SSSR count). The van der Waals surface area contributed by atoms with Crippen molar-refractivity contribution in [2.45, 2.75) is 25.3 Å². The first-order valence-corrected chi connectivity index (χ1v) is 5.75. The van der Waals surface area contributed by atoms with E-state index in [1.165, 1.54) is 0 Å². The van der Waals surface area contributed by atoms with Gasteiger partial charge in [0.15, 0.2) is 0 Å². The van der Waals surface area contributed by atoms with E-state index in [2.05, 4.69) is 5.32 Å². The normalized spacial score (nSPS) is 11.4. The fraction of sp³-hybridized carbons (Fsp3) is 0.667. The highest BCUT2D eigenvalue weighted by Crippen LogP contribution is 2.07. The molecule has 0 bridgehead atoms. The molecule has 2 N–H and O–H groups in total.